The number of hydrogen-bond acceptors (Lipinski definition) is 3. The van der Waals surface area contributed by atoms with E-state index >= 15 is 0 Å². The Morgan fingerprint density at radius 1 is 1.29 bits per heavy atom. The van der Waals surface area contributed by atoms with Crippen LogP contribution in [-0.4, -0.2) is 25.0 Å². The van der Waals surface area contributed by atoms with E-state index in [1.807, 2.05) is 6.26 Å². The van der Waals surface area contributed by atoms with Crippen molar-refractivity contribution in [3.8, 4) is 0 Å². The molecule has 2 rings (SSSR count). The zero-order valence-electron chi connectivity index (χ0n) is 14.0. The third-order valence-corrected chi connectivity index (χ3v) is 4.41. The molecule has 1 aliphatic rings. The summed E-state index contributed by atoms with van der Waals surface area (Å²) >= 11 is 0. The van der Waals surface area contributed by atoms with Gasteiger partial charge in [-0.25, -0.2) is 0 Å². The zero-order chi connectivity index (χ0) is 15.1. The highest BCUT2D eigenvalue weighted by molar-refractivity contribution is 5.16. The molecular formula is C18H32N2O. The maximum atomic E-state index is 5.70. The van der Waals surface area contributed by atoms with Gasteiger partial charge in [0.2, 0.25) is 0 Å². The van der Waals surface area contributed by atoms with Gasteiger partial charge in [0.25, 0.3) is 0 Å². The predicted octanol–water partition coefficient (Wildman–Crippen LogP) is 4.04. The van der Waals surface area contributed by atoms with Crippen LogP contribution in [-0.2, 0) is 13.1 Å². The molecule has 1 heterocycles. The van der Waals surface area contributed by atoms with Crippen LogP contribution in [0.5, 0.6) is 0 Å². The van der Waals surface area contributed by atoms with Gasteiger partial charge in [0.1, 0.15) is 5.76 Å². The molecule has 120 valence electrons. The second-order valence-corrected chi connectivity index (χ2v) is 7.09. The van der Waals surface area contributed by atoms with E-state index in [4.69, 9.17) is 4.42 Å². The standard InChI is InChI=1S/C18H32N2O/c1-15(2)11-19-12-17-9-10-21-18(17)14-20(3)13-16-7-5-4-6-8-16/h9-10,15-16,19H,4-8,11-14H2,1-3H3. The normalized spacial score (nSPS) is 17.0. The lowest BCUT2D eigenvalue weighted by atomic mass is 9.89. The largest absolute Gasteiger partial charge is 0.468 e. The Morgan fingerprint density at radius 2 is 2.05 bits per heavy atom. The molecule has 0 saturated heterocycles. The van der Waals surface area contributed by atoms with Crippen molar-refractivity contribution in [3.05, 3.63) is 23.7 Å². The van der Waals surface area contributed by atoms with Crippen LogP contribution in [0.25, 0.3) is 0 Å². The molecule has 0 unspecified atom stereocenters. The summed E-state index contributed by atoms with van der Waals surface area (Å²) in [6.07, 6.45) is 8.92. The second kappa shape index (κ2) is 8.60. The van der Waals surface area contributed by atoms with Crippen molar-refractivity contribution in [2.75, 3.05) is 20.1 Å². The SMILES string of the molecule is CC(C)CNCc1ccoc1CN(C)CC1CCCCC1. The number of nitrogens with one attached hydrogen (secondary N) is 1. The first-order valence-electron chi connectivity index (χ1n) is 8.59. The van der Waals surface area contributed by atoms with Crippen molar-refractivity contribution in [2.24, 2.45) is 11.8 Å². The van der Waals surface area contributed by atoms with E-state index in [1.165, 1.54) is 44.2 Å². The average Bonchev–Trinajstić information content (AvgIpc) is 2.87. The third-order valence-electron chi connectivity index (χ3n) is 4.41. The van der Waals surface area contributed by atoms with Crippen molar-refractivity contribution in [2.45, 2.75) is 59.0 Å². The van der Waals surface area contributed by atoms with Crippen LogP contribution in [0.1, 0.15) is 57.3 Å². The fourth-order valence-electron chi connectivity index (χ4n) is 3.28. The lowest BCUT2D eigenvalue weighted by molar-refractivity contribution is 0.215. The van der Waals surface area contributed by atoms with Crippen LogP contribution in [0, 0.1) is 11.8 Å². The quantitative estimate of drug-likeness (QED) is 0.784. The molecule has 0 aliphatic heterocycles. The molecule has 0 aromatic carbocycles. The van der Waals surface area contributed by atoms with E-state index in [9.17, 15) is 0 Å². The van der Waals surface area contributed by atoms with Crippen LogP contribution in [0.15, 0.2) is 16.7 Å². The fraction of sp³-hybridized carbons (Fsp3) is 0.778. The first kappa shape index (κ1) is 16.6. The van der Waals surface area contributed by atoms with Crippen LogP contribution >= 0.6 is 0 Å². The fourth-order valence-corrected chi connectivity index (χ4v) is 3.28. The smallest absolute Gasteiger partial charge is 0.122 e. The van der Waals surface area contributed by atoms with Gasteiger partial charge in [0.15, 0.2) is 0 Å². The maximum absolute atomic E-state index is 5.70. The van der Waals surface area contributed by atoms with Crippen molar-refractivity contribution in [1.82, 2.24) is 10.2 Å². The number of furan rings is 1. The van der Waals surface area contributed by atoms with Crippen molar-refractivity contribution in [3.63, 3.8) is 0 Å². The van der Waals surface area contributed by atoms with Crippen molar-refractivity contribution < 1.29 is 4.42 Å². The van der Waals surface area contributed by atoms with Gasteiger partial charge < -0.3 is 9.73 Å². The number of nitrogens with zero attached hydrogens (tertiary/aromatic N) is 1. The van der Waals surface area contributed by atoms with E-state index in [0.717, 1.165) is 31.3 Å². The third kappa shape index (κ3) is 5.84. The first-order chi connectivity index (χ1) is 10.1. The topological polar surface area (TPSA) is 28.4 Å². The Labute approximate surface area is 130 Å². The van der Waals surface area contributed by atoms with Crippen LogP contribution in [0.3, 0.4) is 0 Å². The summed E-state index contributed by atoms with van der Waals surface area (Å²) in [4.78, 5) is 2.43. The van der Waals surface area contributed by atoms with Crippen molar-refractivity contribution >= 4 is 0 Å². The Morgan fingerprint density at radius 3 is 2.76 bits per heavy atom. The summed E-state index contributed by atoms with van der Waals surface area (Å²) in [5, 5.41) is 3.50. The average molecular weight is 292 g/mol. The minimum Gasteiger partial charge on any atom is -0.468 e. The highest BCUT2D eigenvalue weighted by Gasteiger charge is 2.17. The zero-order valence-corrected chi connectivity index (χ0v) is 14.0. The highest BCUT2D eigenvalue weighted by Crippen LogP contribution is 2.24. The molecule has 1 N–H and O–H groups in total. The molecule has 0 spiro atoms. The minimum atomic E-state index is 0.689. The number of rotatable bonds is 8. The summed E-state index contributed by atoms with van der Waals surface area (Å²) in [7, 11) is 2.22. The molecule has 0 amide bonds. The molecule has 0 atom stereocenters. The Kier molecular flexibility index (Phi) is 6.78. The van der Waals surface area contributed by atoms with E-state index < -0.39 is 0 Å². The summed E-state index contributed by atoms with van der Waals surface area (Å²) < 4.78 is 5.70. The van der Waals surface area contributed by atoms with E-state index in [2.05, 4.69) is 37.2 Å². The molecular weight excluding hydrogens is 260 g/mol. The van der Waals surface area contributed by atoms with Crippen LogP contribution in [0.4, 0.5) is 0 Å². The van der Waals surface area contributed by atoms with Gasteiger partial charge in [0.05, 0.1) is 12.8 Å². The second-order valence-electron chi connectivity index (χ2n) is 7.09. The van der Waals surface area contributed by atoms with Gasteiger partial charge >= 0.3 is 0 Å². The highest BCUT2D eigenvalue weighted by atomic mass is 16.3. The van der Waals surface area contributed by atoms with Gasteiger partial charge in [0, 0.05) is 18.7 Å². The molecule has 0 radical (unpaired) electrons. The number of hydrogen-bond donors (Lipinski definition) is 1. The lowest BCUT2D eigenvalue weighted by Gasteiger charge is -2.26. The Bertz CT molecular complexity index is 394. The minimum absolute atomic E-state index is 0.689. The maximum Gasteiger partial charge on any atom is 0.122 e. The molecule has 3 nitrogen and oxygen atoms in total. The summed E-state index contributed by atoms with van der Waals surface area (Å²) in [6.45, 7) is 8.59. The lowest BCUT2D eigenvalue weighted by Crippen LogP contribution is -2.27. The van der Waals surface area contributed by atoms with Crippen LogP contribution in [0.2, 0.25) is 0 Å². The molecule has 3 heteroatoms. The Balaban J connectivity index is 1.77. The molecule has 1 fully saturated rings. The molecule has 1 aromatic heterocycles. The summed E-state index contributed by atoms with van der Waals surface area (Å²) in [6, 6.07) is 2.11. The monoisotopic (exact) mass is 292 g/mol. The van der Waals surface area contributed by atoms with Gasteiger partial charge in [-0.2, -0.15) is 0 Å². The van der Waals surface area contributed by atoms with Crippen molar-refractivity contribution in [1.29, 1.82) is 0 Å². The van der Waals surface area contributed by atoms with Gasteiger partial charge in [-0.1, -0.05) is 33.1 Å². The van der Waals surface area contributed by atoms with E-state index in [-0.39, 0.29) is 0 Å². The summed E-state index contributed by atoms with van der Waals surface area (Å²) in [5.41, 5.74) is 1.31. The summed E-state index contributed by atoms with van der Waals surface area (Å²) in [5.74, 6) is 2.71. The molecule has 1 saturated carbocycles. The van der Waals surface area contributed by atoms with Crippen LogP contribution < -0.4 is 5.32 Å². The molecule has 21 heavy (non-hydrogen) atoms. The molecule has 1 aliphatic carbocycles. The van der Waals surface area contributed by atoms with E-state index in [1.54, 1.807) is 0 Å². The molecule has 1 aromatic rings. The Hall–Kier alpha value is -0.800. The van der Waals surface area contributed by atoms with Gasteiger partial charge in [-0.05, 0) is 44.3 Å². The van der Waals surface area contributed by atoms with E-state index in [0.29, 0.717) is 5.92 Å². The van der Waals surface area contributed by atoms with Gasteiger partial charge in [-0.15, -0.1) is 0 Å². The van der Waals surface area contributed by atoms with Gasteiger partial charge in [-0.3, -0.25) is 4.90 Å². The predicted molar refractivity (Wildman–Crippen MR) is 88.2 cm³/mol. The molecule has 0 bridgehead atoms. The first-order valence-corrected chi connectivity index (χ1v) is 8.59.